The molecule has 1 aromatic carbocycles. The second-order valence-electron chi connectivity index (χ2n) is 4.32. The third-order valence-corrected chi connectivity index (χ3v) is 3.18. The largest absolute Gasteiger partial charge is 0.497 e. The first-order valence-electron chi connectivity index (χ1n) is 5.27. The van der Waals surface area contributed by atoms with Gasteiger partial charge in [-0.05, 0) is 32.1 Å². The lowest BCUT2D eigenvalue weighted by molar-refractivity contribution is 0.0640. The van der Waals surface area contributed by atoms with Crippen molar-refractivity contribution in [1.82, 2.24) is 0 Å². The predicted octanol–water partition coefficient (Wildman–Crippen LogP) is 2.39. The summed E-state index contributed by atoms with van der Waals surface area (Å²) in [5.74, 6) is 0.0426. The van der Waals surface area contributed by atoms with Crippen LogP contribution in [0, 0.1) is 5.41 Å². The Hall–Kier alpha value is -1.77. The number of nitrogen functional groups attached to an aromatic ring is 1. The molecule has 2 N–H and O–H groups in total. The summed E-state index contributed by atoms with van der Waals surface area (Å²) in [7, 11) is 0. The van der Waals surface area contributed by atoms with Crippen LogP contribution in [0.3, 0.4) is 0 Å². The molecule has 0 spiro atoms. The number of hydrogen-bond donors (Lipinski definition) is 1. The fraction of sp³-hybridized carbons (Fsp3) is 0.308. The van der Waals surface area contributed by atoms with Gasteiger partial charge in [-0.2, -0.15) is 0 Å². The van der Waals surface area contributed by atoms with Crippen LogP contribution in [0.4, 0.5) is 5.69 Å². The van der Waals surface area contributed by atoms with Gasteiger partial charge < -0.3 is 10.5 Å². The van der Waals surface area contributed by atoms with E-state index in [-0.39, 0.29) is 11.9 Å². The third-order valence-electron chi connectivity index (χ3n) is 3.18. The van der Waals surface area contributed by atoms with E-state index in [1.165, 1.54) is 0 Å². The van der Waals surface area contributed by atoms with Gasteiger partial charge in [0.25, 0.3) is 0 Å². The molecule has 3 heteroatoms. The first-order chi connectivity index (χ1) is 7.54. The average Bonchev–Trinajstić information content (AvgIpc) is 2.59. The zero-order valence-corrected chi connectivity index (χ0v) is 9.44. The van der Waals surface area contributed by atoms with E-state index in [4.69, 9.17) is 10.5 Å². The van der Waals surface area contributed by atoms with E-state index in [0.717, 1.165) is 0 Å². The number of ketones is 1. The molecular weight excluding hydrogens is 202 g/mol. The van der Waals surface area contributed by atoms with Crippen LogP contribution in [0.15, 0.2) is 36.6 Å². The van der Waals surface area contributed by atoms with Crippen molar-refractivity contribution in [2.24, 2.45) is 5.41 Å². The highest BCUT2D eigenvalue weighted by atomic mass is 16.5. The van der Waals surface area contributed by atoms with Crippen molar-refractivity contribution in [1.29, 1.82) is 0 Å². The maximum absolute atomic E-state index is 12.3. The van der Waals surface area contributed by atoms with E-state index < -0.39 is 5.41 Å². The summed E-state index contributed by atoms with van der Waals surface area (Å²) in [6.45, 7) is 3.77. The molecule has 0 radical (unpaired) electrons. The van der Waals surface area contributed by atoms with Crippen LogP contribution >= 0.6 is 0 Å². The Labute approximate surface area is 94.9 Å². The molecule has 2 atom stereocenters. The molecule has 0 aliphatic carbocycles. The Morgan fingerprint density at radius 2 is 2.25 bits per heavy atom. The fourth-order valence-electron chi connectivity index (χ4n) is 1.83. The van der Waals surface area contributed by atoms with Gasteiger partial charge in [-0.1, -0.05) is 12.1 Å². The van der Waals surface area contributed by atoms with Gasteiger partial charge in [0.1, 0.15) is 6.10 Å². The van der Waals surface area contributed by atoms with E-state index in [0.29, 0.717) is 11.3 Å². The van der Waals surface area contributed by atoms with Crippen molar-refractivity contribution in [2.45, 2.75) is 20.0 Å². The minimum absolute atomic E-state index is 0.0426. The lowest BCUT2D eigenvalue weighted by atomic mass is 9.79. The quantitative estimate of drug-likeness (QED) is 0.611. The standard InChI is InChI=1S/C13H15NO2/c1-9-13(2,6-7-16-9)12(15)10-4-3-5-11(14)8-10/h3-9H,14H2,1-2H3. The number of ether oxygens (including phenoxy) is 1. The van der Waals surface area contributed by atoms with Crippen molar-refractivity contribution >= 4 is 11.5 Å². The number of carbonyl (C=O) groups excluding carboxylic acids is 1. The second-order valence-corrected chi connectivity index (χ2v) is 4.32. The molecule has 0 saturated heterocycles. The van der Waals surface area contributed by atoms with Crippen LogP contribution in [0.1, 0.15) is 24.2 Å². The van der Waals surface area contributed by atoms with Crippen LogP contribution in [0.5, 0.6) is 0 Å². The molecule has 1 aliphatic heterocycles. The normalized spacial score (nSPS) is 27.8. The zero-order chi connectivity index (χ0) is 11.8. The molecule has 0 fully saturated rings. The minimum Gasteiger partial charge on any atom is -0.497 e. The van der Waals surface area contributed by atoms with Gasteiger partial charge in [-0.15, -0.1) is 0 Å². The van der Waals surface area contributed by atoms with Crippen molar-refractivity contribution in [2.75, 3.05) is 5.73 Å². The topological polar surface area (TPSA) is 52.3 Å². The first kappa shape index (κ1) is 10.7. The number of hydrogen-bond acceptors (Lipinski definition) is 3. The maximum Gasteiger partial charge on any atom is 0.176 e. The monoisotopic (exact) mass is 217 g/mol. The second kappa shape index (κ2) is 3.67. The van der Waals surface area contributed by atoms with E-state index in [2.05, 4.69) is 0 Å². The van der Waals surface area contributed by atoms with Crippen LogP contribution in [-0.4, -0.2) is 11.9 Å². The van der Waals surface area contributed by atoms with Crippen molar-refractivity contribution in [3.8, 4) is 0 Å². The SMILES string of the molecule is CC1OC=CC1(C)C(=O)c1cccc(N)c1. The van der Waals surface area contributed by atoms with Crippen LogP contribution in [-0.2, 0) is 4.74 Å². The summed E-state index contributed by atoms with van der Waals surface area (Å²) in [5.41, 5.74) is 6.31. The highest BCUT2D eigenvalue weighted by Gasteiger charge is 2.41. The molecule has 1 aliphatic rings. The van der Waals surface area contributed by atoms with E-state index in [1.54, 1.807) is 30.5 Å². The molecule has 0 amide bonds. The number of benzene rings is 1. The molecule has 0 bridgehead atoms. The first-order valence-corrected chi connectivity index (χ1v) is 5.27. The van der Waals surface area contributed by atoms with Gasteiger partial charge in [0.15, 0.2) is 5.78 Å². The van der Waals surface area contributed by atoms with Crippen LogP contribution in [0.25, 0.3) is 0 Å². The average molecular weight is 217 g/mol. The molecular formula is C13H15NO2. The van der Waals surface area contributed by atoms with Crippen molar-refractivity contribution < 1.29 is 9.53 Å². The zero-order valence-electron chi connectivity index (χ0n) is 9.44. The maximum atomic E-state index is 12.3. The molecule has 1 aromatic rings. The summed E-state index contributed by atoms with van der Waals surface area (Å²) in [6.07, 6.45) is 3.26. The number of Topliss-reactive ketones (excluding diaryl/α,β-unsaturated/α-hetero) is 1. The van der Waals surface area contributed by atoms with Gasteiger partial charge in [0.05, 0.1) is 11.7 Å². The minimum atomic E-state index is -0.589. The lowest BCUT2D eigenvalue weighted by Gasteiger charge is -2.24. The molecule has 3 nitrogen and oxygen atoms in total. The Bertz CT molecular complexity index is 453. The number of anilines is 1. The summed E-state index contributed by atoms with van der Waals surface area (Å²) in [5, 5.41) is 0. The molecule has 0 aromatic heterocycles. The van der Waals surface area contributed by atoms with E-state index in [9.17, 15) is 4.79 Å². The Kier molecular flexibility index (Phi) is 2.46. The molecule has 16 heavy (non-hydrogen) atoms. The molecule has 84 valence electrons. The Morgan fingerprint density at radius 1 is 1.50 bits per heavy atom. The highest BCUT2D eigenvalue weighted by Crippen LogP contribution is 2.35. The predicted molar refractivity (Wildman–Crippen MR) is 63.0 cm³/mol. The van der Waals surface area contributed by atoms with E-state index in [1.807, 2.05) is 19.9 Å². The highest BCUT2D eigenvalue weighted by molar-refractivity contribution is 6.02. The molecule has 1 heterocycles. The number of rotatable bonds is 2. The van der Waals surface area contributed by atoms with Crippen LogP contribution < -0.4 is 5.73 Å². The molecule has 0 saturated carbocycles. The van der Waals surface area contributed by atoms with Gasteiger partial charge in [0, 0.05) is 11.3 Å². The lowest BCUT2D eigenvalue weighted by Crippen LogP contribution is -2.34. The molecule has 2 unspecified atom stereocenters. The number of carbonyl (C=O) groups is 1. The van der Waals surface area contributed by atoms with Gasteiger partial charge in [-0.3, -0.25) is 4.79 Å². The Morgan fingerprint density at radius 3 is 2.81 bits per heavy atom. The third kappa shape index (κ3) is 1.58. The van der Waals surface area contributed by atoms with Gasteiger partial charge in [-0.25, -0.2) is 0 Å². The molecule has 2 rings (SSSR count). The van der Waals surface area contributed by atoms with Crippen molar-refractivity contribution in [3.05, 3.63) is 42.2 Å². The van der Waals surface area contributed by atoms with Gasteiger partial charge >= 0.3 is 0 Å². The van der Waals surface area contributed by atoms with E-state index >= 15 is 0 Å². The summed E-state index contributed by atoms with van der Waals surface area (Å²) < 4.78 is 5.31. The van der Waals surface area contributed by atoms with Crippen molar-refractivity contribution in [3.63, 3.8) is 0 Å². The summed E-state index contributed by atoms with van der Waals surface area (Å²) in [6, 6.07) is 7.04. The Balaban J connectivity index is 2.36. The fourth-order valence-corrected chi connectivity index (χ4v) is 1.83. The van der Waals surface area contributed by atoms with Crippen LogP contribution in [0.2, 0.25) is 0 Å². The summed E-state index contributed by atoms with van der Waals surface area (Å²) >= 11 is 0. The smallest absolute Gasteiger partial charge is 0.176 e. The van der Waals surface area contributed by atoms with Gasteiger partial charge in [0.2, 0.25) is 0 Å². The number of nitrogens with two attached hydrogens (primary N) is 1. The summed E-state index contributed by atoms with van der Waals surface area (Å²) in [4.78, 5) is 12.3.